The van der Waals surface area contributed by atoms with Crippen molar-refractivity contribution in [3.8, 4) is 5.75 Å². The Morgan fingerprint density at radius 2 is 1.95 bits per heavy atom. The number of hydrogen-bond acceptors (Lipinski definition) is 3. The first kappa shape index (κ1) is 16.4. The fourth-order valence-corrected chi connectivity index (χ4v) is 2.50. The van der Waals surface area contributed by atoms with Crippen LogP contribution in [0.2, 0.25) is 0 Å². The molecule has 1 unspecified atom stereocenters. The number of hydrogen-bond donors (Lipinski definition) is 2. The Morgan fingerprint density at radius 1 is 1.36 bits per heavy atom. The van der Waals surface area contributed by atoms with Gasteiger partial charge in [0.25, 0.3) is 0 Å². The Labute approximate surface area is 124 Å². The lowest BCUT2D eigenvalue weighted by Crippen LogP contribution is -2.40. The van der Waals surface area contributed by atoms with Crippen molar-refractivity contribution >= 4 is 6.09 Å². The summed E-state index contributed by atoms with van der Waals surface area (Å²) in [6.07, 6.45) is -6.65. The van der Waals surface area contributed by atoms with Crippen LogP contribution in [0.3, 0.4) is 0 Å². The van der Waals surface area contributed by atoms with Crippen molar-refractivity contribution in [1.29, 1.82) is 0 Å². The maximum atomic E-state index is 12.5. The minimum Gasteiger partial charge on any atom is -0.489 e. The molecular formula is C14H16F3NO4. The number of amides is 1. The van der Waals surface area contributed by atoms with E-state index in [9.17, 15) is 23.1 Å². The molecule has 2 rings (SSSR count). The molecular weight excluding hydrogens is 303 g/mol. The van der Waals surface area contributed by atoms with E-state index in [1.54, 1.807) is 0 Å². The van der Waals surface area contributed by atoms with Crippen molar-refractivity contribution in [3.63, 3.8) is 0 Å². The molecule has 0 bridgehead atoms. The second-order valence-corrected chi connectivity index (χ2v) is 5.24. The zero-order valence-electron chi connectivity index (χ0n) is 11.7. The van der Waals surface area contributed by atoms with Gasteiger partial charge < -0.3 is 14.9 Å². The van der Waals surface area contributed by atoms with E-state index in [4.69, 9.17) is 9.84 Å². The number of carbonyl (C=O) groups is 1. The summed E-state index contributed by atoms with van der Waals surface area (Å²) < 4.78 is 42.9. The van der Waals surface area contributed by atoms with Gasteiger partial charge in [-0.15, -0.1) is 0 Å². The van der Waals surface area contributed by atoms with Gasteiger partial charge in [-0.3, -0.25) is 4.90 Å². The van der Waals surface area contributed by atoms with Gasteiger partial charge in [0, 0.05) is 6.42 Å². The fourth-order valence-electron chi connectivity index (χ4n) is 2.50. The maximum Gasteiger partial charge on any atom is 0.416 e. The molecule has 0 aliphatic carbocycles. The number of alkyl halides is 3. The summed E-state index contributed by atoms with van der Waals surface area (Å²) in [5.74, 6) is 0.231. The van der Waals surface area contributed by atoms with E-state index in [0.717, 1.165) is 17.0 Å². The number of aliphatic hydroxyl groups is 1. The van der Waals surface area contributed by atoms with Crippen molar-refractivity contribution in [2.45, 2.75) is 37.8 Å². The number of rotatable bonds is 3. The topological polar surface area (TPSA) is 70.0 Å². The summed E-state index contributed by atoms with van der Waals surface area (Å²) in [5, 5.41) is 18.7. The molecule has 1 aromatic rings. The van der Waals surface area contributed by atoms with Crippen molar-refractivity contribution in [2.75, 3.05) is 6.54 Å². The largest absolute Gasteiger partial charge is 0.489 e. The van der Waals surface area contributed by atoms with Crippen LogP contribution in [-0.4, -0.2) is 46.0 Å². The first-order valence-corrected chi connectivity index (χ1v) is 6.70. The van der Waals surface area contributed by atoms with Gasteiger partial charge in [-0.05, 0) is 31.2 Å². The molecule has 1 heterocycles. The lowest BCUT2D eigenvalue weighted by molar-refractivity contribution is -0.137. The van der Waals surface area contributed by atoms with Crippen molar-refractivity contribution in [1.82, 2.24) is 4.90 Å². The number of halogens is 3. The molecule has 1 aromatic carbocycles. The quantitative estimate of drug-likeness (QED) is 0.898. The Bertz CT molecular complexity index is 530. The Morgan fingerprint density at radius 3 is 2.36 bits per heavy atom. The molecule has 8 heteroatoms. The summed E-state index contributed by atoms with van der Waals surface area (Å²) in [6, 6.07) is 3.63. The first-order chi connectivity index (χ1) is 10.2. The van der Waals surface area contributed by atoms with E-state index in [1.807, 2.05) is 0 Å². The number of carboxylic acid groups (broad SMARTS) is 1. The Balaban J connectivity index is 2.04. The second kappa shape index (κ2) is 6.04. The molecule has 1 amide bonds. The lowest BCUT2D eigenvalue weighted by atomic mass is 10.1. The van der Waals surface area contributed by atoms with Gasteiger partial charge in [0.2, 0.25) is 0 Å². The summed E-state index contributed by atoms with van der Waals surface area (Å²) in [6.45, 7) is 1.55. The number of aliphatic hydroxyl groups excluding tert-OH is 1. The normalized spacial score (nSPS) is 23.4. The number of benzene rings is 1. The molecule has 0 radical (unpaired) electrons. The van der Waals surface area contributed by atoms with E-state index < -0.39 is 36.1 Å². The van der Waals surface area contributed by atoms with Crippen LogP contribution < -0.4 is 4.74 Å². The standard InChI is InChI=1S/C14H16F3NO4/c1-8(19)12-6-11(7-18(12)13(20)21)22-10-4-2-9(3-5-10)14(15,16)17/h2-5,8,11-12,19H,6-7H2,1H3,(H,20,21)/t8?,11-,12+/m0/s1. The van der Waals surface area contributed by atoms with Crippen LogP contribution in [0.4, 0.5) is 18.0 Å². The zero-order chi connectivity index (χ0) is 16.5. The number of likely N-dealkylation sites (tertiary alicyclic amines) is 1. The van der Waals surface area contributed by atoms with Crippen LogP contribution >= 0.6 is 0 Å². The van der Waals surface area contributed by atoms with E-state index in [-0.39, 0.29) is 18.7 Å². The van der Waals surface area contributed by atoms with Crippen LogP contribution in [0.5, 0.6) is 5.75 Å². The third-order valence-electron chi connectivity index (χ3n) is 3.59. The monoisotopic (exact) mass is 319 g/mol. The predicted molar refractivity (Wildman–Crippen MR) is 70.7 cm³/mol. The van der Waals surface area contributed by atoms with E-state index in [0.29, 0.717) is 0 Å². The first-order valence-electron chi connectivity index (χ1n) is 6.70. The highest BCUT2D eigenvalue weighted by Gasteiger charge is 2.39. The van der Waals surface area contributed by atoms with Gasteiger partial charge in [0.1, 0.15) is 11.9 Å². The summed E-state index contributed by atoms with van der Waals surface area (Å²) in [7, 11) is 0. The lowest BCUT2D eigenvalue weighted by Gasteiger charge is -2.22. The average Bonchev–Trinajstić information content (AvgIpc) is 2.82. The Kier molecular flexibility index (Phi) is 4.50. The van der Waals surface area contributed by atoms with Gasteiger partial charge in [-0.2, -0.15) is 13.2 Å². The summed E-state index contributed by atoms with van der Waals surface area (Å²) in [4.78, 5) is 12.2. The van der Waals surface area contributed by atoms with Crippen molar-refractivity contribution in [3.05, 3.63) is 29.8 Å². The molecule has 0 spiro atoms. The molecule has 1 aliphatic heterocycles. The van der Waals surface area contributed by atoms with Crippen LogP contribution in [0.1, 0.15) is 18.9 Å². The smallest absolute Gasteiger partial charge is 0.416 e. The van der Waals surface area contributed by atoms with Crippen LogP contribution in [0.25, 0.3) is 0 Å². The number of ether oxygens (including phenoxy) is 1. The van der Waals surface area contributed by atoms with Crippen LogP contribution in [0.15, 0.2) is 24.3 Å². The van der Waals surface area contributed by atoms with Crippen molar-refractivity contribution in [2.24, 2.45) is 0 Å². The minimum atomic E-state index is -4.41. The van der Waals surface area contributed by atoms with Crippen LogP contribution in [-0.2, 0) is 6.18 Å². The highest BCUT2D eigenvalue weighted by atomic mass is 19.4. The predicted octanol–water partition coefficient (Wildman–Crippen LogP) is 2.59. The third kappa shape index (κ3) is 3.62. The molecule has 1 saturated heterocycles. The maximum absolute atomic E-state index is 12.5. The molecule has 3 atom stereocenters. The van der Waals surface area contributed by atoms with Gasteiger partial charge in [0.15, 0.2) is 0 Å². The molecule has 0 aromatic heterocycles. The van der Waals surface area contributed by atoms with Crippen LogP contribution in [0, 0.1) is 0 Å². The molecule has 0 saturated carbocycles. The van der Waals surface area contributed by atoms with Gasteiger partial charge >= 0.3 is 12.3 Å². The summed E-state index contributed by atoms with van der Waals surface area (Å²) >= 11 is 0. The highest BCUT2D eigenvalue weighted by Crippen LogP contribution is 2.31. The molecule has 122 valence electrons. The van der Waals surface area contributed by atoms with E-state index >= 15 is 0 Å². The second-order valence-electron chi connectivity index (χ2n) is 5.24. The van der Waals surface area contributed by atoms with Gasteiger partial charge in [-0.25, -0.2) is 4.79 Å². The van der Waals surface area contributed by atoms with Crippen molar-refractivity contribution < 1.29 is 32.9 Å². The molecule has 2 N–H and O–H groups in total. The summed E-state index contributed by atoms with van der Waals surface area (Å²) in [5.41, 5.74) is -0.778. The van der Waals surface area contributed by atoms with E-state index in [2.05, 4.69) is 0 Å². The van der Waals surface area contributed by atoms with E-state index in [1.165, 1.54) is 19.1 Å². The zero-order valence-corrected chi connectivity index (χ0v) is 11.7. The average molecular weight is 319 g/mol. The van der Waals surface area contributed by atoms with Gasteiger partial charge in [0.05, 0.1) is 24.3 Å². The SMILES string of the molecule is CC(O)[C@H]1C[C@H](Oc2ccc(C(F)(F)F)cc2)CN1C(=O)O. The Hall–Kier alpha value is -1.96. The molecule has 1 fully saturated rings. The highest BCUT2D eigenvalue weighted by molar-refractivity contribution is 5.66. The third-order valence-corrected chi connectivity index (χ3v) is 3.59. The minimum absolute atomic E-state index is 0.0614. The molecule has 5 nitrogen and oxygen atoms in total. The number of nitrogens with zero attached hydrogens (tertiary/aromatic N) is 1. The van der Waals surface area contributed by atoms with Gasteiger partial charge in [-0.1, -0.05) is 0 Å². The molecule has 22 heavy (non-hydrogen) atoms. The fraction of sp³-hybridized carbons (Fsp3) is 0.500. The molecule has 1 aliphatic rings.